The first kappa shape index (κ1) is 22.0. The molecule has 0 radical (unpaired) electrons. The van der Waals surface area contributed by atoms with Crippen molar-refractivity contribution in [3.8, 4) is 22.7 Å². The van der Waals surface area contributed by atoms with Crippen molar-refractivity contribution in [1.82, 2.24) is 9.88 Å². The molecule has 4 aromatic rings. The maximum Gasteiger partial charge on any atom is 0.251 e. The Hall–Kier alpha value is -3.79. The van der Waals surface area contributed by atoms with E-state index in [1.165, 1.54) is 28.9 Å². The minimum Gasteiger partial charge on any atom is -0.497 e. The van der Waals surface area contributed by atoms with Crippen LogP contribution in [0.25, 0.3) is 16.9 Å². The van der Waals surface area contributed by atoms with Crippen molar-refractivity contribution in [1.29, 1.82) is 0 Å². The summed E-state index contributed by atoms with van der Waals surface area (Å²) in [4.78, 5) is 12.8. The molecule has 1 aliphatic carbocycles. The van der Waals surface area contributed by atoms with Crippen LogP contribution in [0, 0.1) is 5.92 Å². The van der Waals surface area contributed by atoms with Crippen molar-refractivity contribution in [3.05, 3.63) is 107 Å². The van der Waals surface area contributed by atoms with Crippen molar-refractivity contribution < 1.29 is 9.53 Å². The van der Waals surface area contributed by atoms with E-state index in [-0.39, 0.29) is 5.91 Å². The van der Waals surface area contributed by atoms with Crippen LogP contribution < -0.4 is 10.1 Å². The number of benzene rings is 3. The second kappa shape index (κ2) is 9.60. The second-order valence-electron chi connectivity index (χ2n) is 9.13. The largest absolute Gasteiger partial charge is 0.497 e. The lowest BCUT2D eigenvalue weighted by molar-refractivity contribution is 0.0951. The van der Waals surface area contributed by atoms with Crippen LogP contribution in [0.1, 0.15) is 40.5 Å². The fourth-order valence-electron chi connectivity index (χ4n) is 4.82. The normalized spacial score (nSPS) is 14.9. The summed E-state index contributed by atoms with van der Waals surface area (Å²) in [6, 6.07) is 28.6. The van der Waals surface area contributed by atoms with E-state index in [1.807, 2.05) is 36.4 Å². The van der Waals surface area contributed by atoms with Crippen molar-refractivity contribution in [2.45, 2.75) is 32.7 Å². The summed E-state index contributed by atoms with van der Waals surface area (Å²) in [7, 11) is 1.65. The molecule has 0 fully saturated rings. The highest BCUT2D eigenvalue weighted by Gasteiger charge is 2.23. The van der Waals surface area contributed by atoms with E-state index in [2.05, 4.69) is 65.3 Å². The maximum atomic E-state index is 12.8. The molecule has 1 aromatic heterocycles. The molecule has 172 valence electrons. The minimum absolute atomic E-state index is 0.0750. The average Bonchev–Trinajstić information content (AvgIpc) is 3.26. The number of nitrogens with one attached hydrogen (secondary N) is 1. The fourth-order valence-corrected chi connectivity index (χ4v) is 4.82. The highest BCUT2D eigenvalue weighted by Crippen LogP contribution is 2.35. The second-order valence-corrected chi connectivity index (χ2v) is 9.13. The molecular formula is C30H30N2O2. The van der Waals surface area contributed by atoms with E-state index in [1.54, 1.807) is 7.11 Å². The van der Waals surface area contributed by atoms with Crippen molar-refractivity contribution in [3.63, 3.8) is 0 Å². The number of ether oxygens (including phenoxy) is 1. The number of fused-ring (bicyclic) bond motifs is 1. The van der Waals surface area contributed by atoms with E-state index in [4.69, 9.17) is 4.74 Å². The number of hydrogen-bond acceptors (Lipinski definition) is 2. The lowest BCUT2D eigenvalue weighted by Crippen LogP contribution is -2.22. The third kappa shape index (κ3) is 4.49. The monoisotopic (exact) mass is 450 g/mol. The maximum absolute atomic E-state index is 12.8. The van der Waals surface area contributed by atoms with E-state index >= 15 is 0 Å². The first-order valence-electron chi connectivity index (χ1n) is 11.9. The van der Waals surface area contributed by atoms with Gasteiger partial charge in [0.1, 0.15) is 5.75 Å². The Bertz CT molecular complexity index is 1270. The Labute approximate surface area is 201 Å². The van der Waals surface area contributed by atoms with Crippen LogP contribution in [0.15, 0.2) is 84.9 Å². The molecule has 34 heavy (non-hydrogen) atoms. The third-order valence-electron chi connectivity index (χ3n) is 6.70. The van der Waals surface area contributed by atoms with Gasteiger partial charge in [-0.1, -0.05) is 49.4 Å². The molecule has 0 spiro atoms. The summed E-state index contributed by atoms with van der Waals surface area (Å²) in [5.74, 6) is 1.44. The van der Waals surface area contributed by atoms with Gasteiger partial charge in [0.15, 0.2) is 0 Å². The zero-order valence-electron chi connectivity index (χ0n) is 19.8. The van der Waals surface area contributed by atoms with E-state index in [0.29, 0.717) is 18.0 Å². The van der Waals surface area contributed by atoms with Gasteiger partial charge in [0, 0.05) is 23.5 Å². The van der Waals surface area contributed by atoms with Gasteiger partial charge in [0.2, 0.25) is 0 Å². The Balaban J connectivity index is 1.39. The van der Waals surface area contributed by atoms with Gasteiger partial charge < -0.3 is 14.6 Å². The Morgan fingerprint density at radius 3 is 2.44 bits per heavy atom. The molecule has 1 amide bonds. The zero-order chi connectivity index (χ0) is 23.5. The van der Waals surface area contributed by atoms with Gasteiger partial charge in [-0.2, -0.15) is 0 Å². The lowest BCUT2D eigenvalue weighted by atomic mass is 9.89. The summed E-state index contributed by atoms with van der Waals surface area (Å²) < 4.78 is 7.58. The van der Waals surface area contributed by atoms with Gasteiger partial charge in [-0.25, -0.2) is 0 Å². The molecule has 1 heterocycles. The number of rotatable bonds is 6. The van der Waals surface area contributed by atoms with Crippen LogP contribution in [0.4, 0.5) is 0 Å². The van der Waals surface area contributed by atoms with E-state index in [9.17, 15) is 4.79 Å². The van der Waals surface area contributed by atoms with Gasteiger partial charge in [-0.3, -0.25) is 4.79 Å². The third-order valence-corrected chi connectivity index (χ3v) is 6.70. The predicted octanol–water partition coefficient (Wildman–Crippen LogP) is 6.21. The van der Waals surface area contributed by atoms with Crippen molar-refractivity contribution in [2.75, 3.05) is 7.11 Å². The molecule has 0 bridgehead atoms. The van der Waals surface area contributed by atoms with Crippen LogP contribution in [-0.2, 0) is 19.4 Å². The van der Waals surface area contributed by atoms with Gasteiger partial charge >= 0.3 is 0 Å². The topological polar surface area (TPSA) is 43.3 Å². The summed E-state index contributed by atoms with van der Waals surface area (Å²) in [6.07, 6.45) is 3.40. The fraction of sp³-hybridized carbons (Fsp3) is 0.233. The summed E-state index contributed by atoms with van der Waals surface area (Å²) in [5, 5.41) is 3.01. The smallest absolute Gasteiger partial charge is 0.251 e. The van der Waals surface area contributed by atoms with Crippen LogP contribution in [0.2, 0.25) is 0 Å². The molecule has 0 saturated carbocycles. The van der Waals surface area contributed by atoms with E-state index in [0.717, 1.165) is 29.8 Å². The molecule has 0 aliphatic heterocycles. The van der Waals surface area contributed by atoms with Gasteiger partial charge in [0.25, 0.3) is 5.91 Å². The standard InChI is InChI=1S/C30H30N2O2/c1-21-8-17-28-25(18-21)19-29(23-6-4-3-5-7-23)32(28)26-13-11-24(12-14-26)30(33)31-20-22-9-15-27(34-2)16-10-22/h3-7,9-16,19,21H,8,17-18,20H2,1-2H3,(H,31,33). The molecule has 4 heteroatoms. The first-order valence-corrected chi connectivity index (χ1v) is 11.9. The van der Waals surface area contributed by atoms with Crippen LogP contribution in [0.5, 0.6) is 5.75 Å². The molecule has 1 atom stereocenters. The summed E-state index contributed by atoms with van der Waals surface area (Å²) >= 11 is 0. The van der Waals surface area contributed by atoms with Crippen LogP contribution in [-0.4, -0.2) is 17.6 Å². The van der Waals surface area contributed by atoms with Crippen LogP contribution in [0.3, 0.4) is 0 Å². The van der Waals surface area contributed by atoms with Gasteiger partial charge in [0.05, 0.1) is 12.8 Å². The predicted molar refractivity (Wildman–Crippen MR) is 137 cm³/mol. The molecule has 0 saturated heterocycles. The average molecular weight is 451 g/mol. The molecule has 1 unspecified atom stereocenters. The number of carbonyl (C=O) groups is 1. The highest BCUT2D eigenvalue weighted by atomic mass is 16.5. The Kier molecular flexibility index (Phi) is 6.22. The van der Waals surface area contributed by atoms with Crippen molar-refractivity contribution in [2.24, 2.45) is 5.92 Å². The molecule has 1 aliphatic rings. The summed E-state index contributed by atoms with van der Waals surface area (Å²) in [5.41, 5.74) is 8.07. The molecule has 5 rings (SSSR count). The van der Waals surface area contributed by atoms with Crippen LogP contribution >= 0.6 is 0 Å². The van der Waals surface area contributed by atoms with E-state index < -0.39 is 0 Å². The Morgan fingerprint density at radius 2 is 1.74 bits per heavy atom. The number of hydrogen-bond donors (Lipinski definition) is 1. The quantitative estimate of drug-likeness (QED) is 0.380. The number of amides is 1. The number of carbonyl (C=O) groups excluding carboxylic acids is 1. The molecule has 1 N–H and O–H groups in total. The number of aromatic nitrogens is 1. The molecule has 4 nitrogen and oxygen atoms in total. The molecular weight excluding hydrogens is 420 g/mol. The highest BCUT2D eigenvalue weighted by molar-refractivity contribution is 5.94. The zero-order valence-corrected chi connectivity index (χ0v) is 19.8. The lowest BCUT2D eigenvalue weighted by Gasteiger charge is -2.21. The number of methoxy groups -OCH3 is 1. The number of nitrogens with zero attached hydrogens (tertiary/aromatic N) is 1. The Morgan fingerprint density at radius 1 is 1.00 bits per heavy atom. The minimum atomic E-state index is -0.0750. The van der Waals surface area contributed by atoms with Gasteiger partial charge in [-0.05, 0) is 84.3 Å². The van der Waals surface area contributed by atoms with Gasteiger partial charge in [-0.15, -0.1) is 0 Å². The van der Waals surface area contributed by atoms with Crippen molar-refractivity contribution >= 4 is 5.91 Å². The first-order chi connectivity index (χ1) is 16.6. The molecule has 3 aromatic carbocycles. The summed E-state index contributed by atoms with van der Waals surface area (Å²) in [6.45, 7) is 2.81. The SMILES string of the molecule is COc1ccc(CNC(=O)c2ccc(-n3c(-c4ccccc4)cc4c3CCC(C)C4)cc2)cc1.